The minimum absolute atomic E-state index is 0.571. The fourth-order valence-corrected chi connectivity index (χ4v) is 2.39. The zero-order valence-corrected chi connectivity index (χ0v) is 13.0. The van der Waals surface area contributed by atoms with Crippen molar-refractivity contribution in [3.8, 4) is 0 Å². The Balaban J connectivity index is 2.48. The van der Waals surface area contributed by atoms with Gasteiger partial charge in [-0.3, -0.25) is 4.90 Å². The minimum Gasteiger partial charge on any atom is -0.383 e. The molecule has 0 heterocycles. The van der Waals surface area contributed by atoms with Gasteiger partial charge in [0.05, 0.1) is 0 Å². The van der Waals surface area contributed by atoms with Crippen LogP contribution in [0, 0.1) is 0 Å². The highest BCUT2D eigenvalue weighted by atomic mass is 15.2. The highest BCUT2D eigenvalue weighted by Gasteiger charge is 2.17. The number of hydrogen-bond donors (Lipinski definition) is 1. The number of anilines is 1. The number of hydrogen-bond acceptors (Lipinski definition) is 2. The largest absolute Gasteiger partial charge is 0.383 e. The summed E-state index contributed by atoms with van der Waals surface area (Å²) in [4.78, 5) is 2.64. The third-order valence-corrected chi connectivity index (χ3v) is 3.87. The first-order valence-electron chi connectivity index (χ1n) is 7.73. The molecule has 0 aliphatic rings. The number of benzene rings is 1. The summed E-state index contributed by atoms with van der Waals surface area (Å²) >= 11 is 0. The monoisotopic (exact) mass is 262 g/mol. The highest BCUT2D eigenvalue weighted by Crippen LogP contribution is 2.12. The summed E-state index contributed by atoms with van der Waals surface area (Å²) in [6.07, 6.45) is 3.78. The van der Waals surface area contributed by atoms with E-state index in [1.807, 2.05) is 0 Å². The van der Waals surface area contributed by atoms with E-state index >= 15 is 0 Å². The van der Waals surface area contributed by atoms with Crippen LogP contribution < -0.4 is 5.32 Å². The number of unbranched alkanes of at least 4 members (excludes halogenated alkanes) is 1. The molecule has 1 rings (SSSR count). The molecule has 0 saturated carbocycles. The summed E-state index contributed by atoms with van der Waals surface area (Å²) in [7, 11) is 0. The van der Waals surface area contributed by atoms with Crippen LogP contribution in [0.5, 0.6) is 0 Å². The molecule has 0 amide bonds. The molecule has 1 aromatic rings. The molecule has 0 aromatic heterocycles. The first kappa shape index (κ1) is 16.0. The molecule has 0 spiro atoms. The molecule has 19 heavy (non-hydrogen) atoms. The number of nitrogens with one attached hydrogen (secondary N) is 1. The lowest BCUT2D eigenvalue weighted by Gasteiger charge is -2.34. The van der Waals surface area contributed by atoms with Gasteiger partial charge in [-0.05, 0) is 45.4 Å². The number of nitrogens with zero attached hydrogens (tertiary/aromatic N) is 1. The maximum Gasteiger partial charge on any atom is 0.0340 e. The predicted octanol–water partition coefficient (Wildman–Crippen LogP) is 4.39. The molecule has 2 atom stereocenters. The molecule has 2 heteroatoms. The molecule has 0 aliphatic heterocycles. The molecule has 1 aromatic carbocycles. The fraction of sp³-hybridized carbons (Fsp3) is 0.647. The van der Waals surface area contributed by atoms with Gasteiger partial charge in [0, 0.05) is 24.3 Å². The number of para-hydroxylation sites is 1. The normalized spacial score (nSPS) is 14.4. The minimum atomic E-state index is 0.571. The summed E-state index contributed by atoms with van der Waals surface area (Å²) < 4.78 is 0. The van der Waals surface area contributed by atoms with Gasteiger partial charge in [-0.2, -0.15) is 0 Å². The Hall–Kier alpha value is -1.02. The summed E-state index contributed by atoms with van der Waals surface area (Å²) in [6, 6.07) is 11.7. The molecule has 0 bridgehead atoms. The summed E-state index contributed by atoms with van der Waals surface area (Å²) in [5.41, 5.74) is 1.22. The van der Waals surface area contributed by atoms with Crippen molar-refractivity contribution in [3.05, 3.63) is 30.3 Å². The average Bonchev–Trinajstić information content (AvgIpc) is 2.46. The predicted molar refractivity (Wildman–Crippen MR) is 85.8 cm³/mol. The van der Waals surface area contributed by atoms with Gasteiger partial charge in [0.1, 0.15) is 0 Å². The topological polar surface area (TPSA) is 15.3 Å². The van der Waals surface area contributed by atoms with E-state index in [4.69, 9.17) is 0 Å². The van der Waals surface area contributed by atoms with Gasteiger partial charge in [-0.1, -0.05) is 38.5 Å². The van der Waals surface area contributed by atoms with Crippen molar-refractivity contribution < 1.29 is 0 Å². The second-order valence-electron chi connectivity index (χ2n) is 5.44. The second kappa shape index (κ2) is 8.98. The molecule has 2 unspecified atom stereocenters. The van der Waals surface area contributed by atoms with Crippen molar-refractivity contribution >= 4 is 5.69 Å². The third kappa shape index (κ3) is 5.65. The van der Waals surface area contributed by atoms with Crippen molar-refractivity contribution in [1.29, 1.82) is 0 Å². The Morgan fingerprint density at radius 3 is 2.32 bits per heavy atom. The Kier molecular flexibility index (Phi) is 7.57. The maximum atomic E-state index is 3.54. The summed E-state index contributed by atoms with van der Waals surface area (Å²) in [6.45, 7) is 11.4. The van der Waals surface area contributed by atoms with Gasteiger partial charge < -0.3 is 5.32 Å². The Morgan fingerprint density at radius 1 is 1.05 bits per heavy atom. The smallest absolute Gasteiger partial charge is 0.0340 e. The standard InChI is InChI=1S/C17H30N2/c1-5-7-13-19(15(3)6-2)16(4)14-18-17-11-9-8-10-12-17/h8-12,15-16,18H,5-7,13-14H2,1-4H3. The van der Waals surface area contributed by atoms with E-state index in [9.17, 15) is 0 Å². The van der Waals surface area contributed by atoms with Crippen molar-refractivity contribution in [2.24, 2.45) is 0 Å². The lowest BCUT2D eigenvalue weighted by atomic mass is 10.1. The molecule has 108 valence electrons. The molecule has 0 saturated heterocycles. The van der Waals surface area contributed by atoms with E-state index in [2.05, 4.69) is 68.2 Å². The zero-order valence-electron chi connectivity index (χ0n) is 13.0. The van der Waals surface area contributed by atoms with E-state index in [1.54, 1.807) is 0 Å². The van der Waals surface area contributed by atoms with Gasteiger partial charge in [-0.25, -0.2) is 0 Å². The van der Waals surface area contributed by atoms with E-state index in [1.165, 1.54) is 31.5 Å². The Bertz CT molecular complexity index is 323. The molecule has 0 radical (unpaired) electrons. The second-order valence-corrected chi connectivity index (χ2v) is 5.44. The average molecular weight is 262 g/mol. The van der Waals surface area contributed by atoms with Crippen molar-refractivity contribution in [2.45, 2.75) is 59.0 Å². The maximum absolute atomic E-state index is 3.54. The van der Waals surface area contributed by atoms with Gasteiger partial charge in [0.2, 0.25) is 0 Å². The highest BCUT2D eigenvalue weighted by molar-refractivity contribution is 5.42. The molecule has 2 nitrogen and oxygen atoms in total. The summed E-state index contributed by atoms with van der Waals surface area (Å²) in [5, 5.41) is 3.54. The fourth-order valence-electron chi connectivity index (χ4n) is 2.39. The van der Waals surface area contributed by atoms with Crippen LogP contribution in [0.1, 0.15) is 47.0 Å². The van der Waals surface area contributed by atoms with Gasteiger partial charge in [0.25, 0.3) is 0 Å². The Labute approximate surface area is 119 Å². The van der Waals surface area contributed by atoms with Crippen molar-refractivity contribution in [3.63, 3.8) is 0 Å². The molecular formula is C17H30N2. The zero-order chi connectivity index (χ0) is 14.1. The van der Waals surface area contributed by atoms with Crippen LogP contribution in [-0.2, 0) is 0 Å². The van der Waals surface area contributed by atoms with Crippen LogP contribution in [0.3, 0.4) is 0 Å². The quantitative estimate of drug-likeness (QED) is 0.710. The van der Waals surface area contributed by atoms with Crippen LogP contribution in [0.15, 0.2) is 30.3 Å². The molecule has 0 aliphatic carbocycles. The van der Waals surface area contributed by atoms with Gasteiger partial charge >= 0.3 is 0 Å². The van der Waals surface area contributed by atoms with E-state index in [0.717, 1.165) is 6.54 Å². The lowest BCUT2D eigenvalue weighted by molar-refractivity contribution is 0.154. The van der Waals surface area contributed by atoms with E-state index in [-0.39, 0.29) is 0 Å². The molecule has 1 N–H and O–H groups in total. The third-order valence-electron chi connectivity index (χ3n) is 3.87. The Morgan fingerprint density at radius 2 is 1.74 bits per heavy atom. The van der Waals surface area contributed by atoms with Crippen LogP contribution in [0.25, 0.3) is 0 Å². The van der Waals surface area contributed by atoms with Crippen LogP contribution in [0.2, 0.25) is 0 Å². The first-order valence-corrected chi connectivity index (χ1v) is 7.73. The number of rotatable bonds is 9. The van der Waals surface area contributed by atoms with Gasteiger partial charge in [0.15, 0.2) is 0 Å². The summed E-state index contributed by atoms with van der Waals surface area (Å²) in [5.74, 6) is 0. The van der Waals surface area contributed by atoms with Crippen molar-refractivity contribution in [1.82, 2.24) is 4.90 Å². The van der Waals surface area contributed by atoms with E-state index in [0.29, 0.717) is 12.1 Å². The molecular weight excluding hydrogens is 232 g/mol. The van der Waals surface area contributed by atoms with Crippen LogP contribution >= 0.6 is 0 Å². The first-order chi connectivity index (χ1) is 9.19. The molecule has 0 fully saturated rings. The van der Waals surface area contributed by atoms with E-state index < -0.39 is 0 Å². The van der Waals surface area contributed by atoms with Gasteiger partial charge in [-0.15, -0.1) is 0 Å². The lowest BCUT2D eigenvalue weighted by Crippen LogP contribution is -2.44. The SMILES string of the molecule is CCCCN(C(C)CC)C(C)CNc1ccccc1. The van der Waals surface area contributed by atoms with Crippen LogP contribution in [0.4, 0.5) is 5.69 Å². The van der Waals surface area contributed by atoms with Crippen LogP contribution in [-0.4, -0.2) is 30.1 Å². The van der Waals surface area contributed by atoms with Crippen molar-refractivity contribution in [2.75, 3.05) is 18.4 Å².